The molecule has 0 bridgehead atoms. The zero-order chi connectivity index (χ0) is 25.2. The summed E-state index contributed by atoms with van der Waals surface area (Å²) in [5, 5.41) is 2.79. The van der Waals surface area contributed by atoms with Gasteiger partial charge in [0, 0.05) is 29.0 Å². The van der Waals surface area contributed by atoms with Crippen molar-refractivity contribution in [1.82, 2.24) is 4.72 Å². The number of ether oxygens (including phenoxy) is 2. The Morgan fingerprint density at radius 2 is 1.63 bits per heavy atom. The third-order valence-corrected chi connectivity index (χ3v) is 7.24. The fourth-order valence-electron chi connectivity index (χ4n) is 3.90. The summed E-state index contributed by atoms with van der Waals surface area (Å²) in [6, 6.07) is 16.4. The van der Waals surface area contributed by atoms with Crippen molar-refractivity contribution < 1.29 is 27.5 Å². The average molecular weight is 496 g/mol. The van der Waals surface area contributed by atoms with Crippen LogP contribution in [-0.2, 0) is 16.4 Å². The molecule has 9 nitrogen and oxygen atoms in total. The number of methoxy groups -OCH3 is 2. The molecule has 0 atom stereocenters. The summed E-state index contributed by atoms with van der Waals surface area (Å²) in [7, 11) is 0.370. The maximum Gasteiger partial charge on any atom is 0.258 e. The van der Waals surface area contributed by atoms with Gasteiger partial charge in [-0.25, -0.2) is 13.1 Å². The smallest absolute Gasteiger partial charge is 0.258 e. The van der Waals surface area contributed by atoms with Gasteiger partial charge in [0.05, 0.1) is 14.2 Å². The third-order valence-electron chi connectivity index (χ3n) is 5.80. The Morgan fingerprint density at radius 1 is 0.914 bits per heavy atom. The van der Waals surface area contributed by atoms with Gasteiger partial charge in [0.1, 0.15) is 16.4 Å². The van der Waals surface area contributed by atoms with E-state index in [4.69, 9.17) is 9.47 Å². The number of fused-ring (bicyclic) bond motifs is 1. The van der Waals surface area contributed by atoms with Gasteiger partial charge in [0.2, 0.25) is 10.0 Å². The van der Waals surface area contributed by atoms with Crippen molar-refractivity contribution in [3.05, 3.63) is 77.4 Å². The summed E-state index contributed by atoms with van der Waals surface area (Å²) in [5.41, 5.74) is 2.88. The highest BCUT2D eigenvalue weighted by atomic mass is 32.2. The minimum Gasteiger partial charge on any atom is -0.497 e. The Labute approximate surface area is 203 Å². The molecule has 1 aliphatic heterocycles. The number of amides is 2. The van der Waals surface area contributed by atoms with Gasteiger partial charge in [-0.2, -0.15) is 0 Å². The van der Waals surface area contributed by atoms with Crippen LogP contribution < -0.4 is 24.4 Å². The predicted molar refractivity (Wildman–Crippen MR) is 132 cm³/mol. The lowest BCUT2D eigenvalue weighted by atomic mass is 10.1. The molecule has 35 heavy (non-hydrogen) atoms. The first-order valence-corrected chi connectivity index (χ1v) is 12.3. The van der Waals surface area contributed by atoms with Crippen molar-refractivity contribution in [2.24, 2.45) is 0 Å². The maximum absolute atomic E-state index is 13.1. The Kier molecular flexibility index (Phi) is 6.77. The average Bonchev–Trinajstić information content (AvgIpc) is 3.31. The Morgan fingerprint density at radius 3 is 2.29 bits per heavy atom. The largest absolute Gasteiger partial charge is 0.497 e. The fraction of sp³-hybridized carbons (Fsp3) is 0.200. The molecule has 1 heterocycles. The zero-order valence-electron chi connectivity index (χ0n) is 19.5. The van der Waals surface area contributed by atoms with E-state index in [1.165, 1.54) is 32.4 Å². The molecule has 0 fully saturated rings. The van der Waals surface area contributed by atoms with Crippen molar-refractivity contribution in [2.75, 3.05) is 38.0 Å². The van der Waals surface area contributed by atoms with Crippen LogP contribution in [-0.4, -0.2) is 48.0 Å². The summed E-state index contributed by atoms with van der Waals surface area (Å²) in [5.74, 6) is 0.150. The van der Waals surface area contributed by atoms with Crippen LogP contribution in [0.5, 0.6) is 11.5 Å². The van der Waals surface area contributed by atoms with Crippen LogP contribution in [0, 0.1) is 0 Å². The summed E-state index contributed by atoms with van der Waals surface area (Å²) in [4.78, 5) is 27.6. The Balaban J connectivity index is 1.58. The van der Waals surface area contributed by atoms with Crippen LogP contribution in [0.15, 0.2) is 65.6 Å². The number of nitrogens with one attached hydrogen (secondary N) is 2. The van der Waals surface area contributed by atoms with E-state index >= 15 is 0 Å². The first-order valence-electron chi connectivity index (χ1n) is 10.8. The number of hydrogen-bond donors (Lipinski definition) is 2. The Hall–Kier alpha value is -3.89. The topological polar surface area (TPSA) is 114 Å². The number of anilines is 2. The lowest BCUT2D eigenvalue weighted by Crippen LogP contribution is -2.28. The summed E-state index contributed by atoms with van der Waals surface area (Å²) >= 11 is 0. The number of rotatable bonds is 7. The number of nitrogens with zero attached hydrogens (tertiary/aromatic N) is 1. The molecule has 2 amide bonds. The van der Waals surface area contributed by atoms with Gasteiger partial charge in [0.15, 0.2) is 0 Å². The molecule has 0 radical (unpaired) electrons. The molecule has 0 spiro atoms. The normalized spacial score (nSPS) is 12.7. The second-order valence-electron chi connectivity index (χ2n) is 7.81. The first kappa shape index (κ1) is 24.2. The van der Waals surface area contributed by atoms with Gasteiger partial charge < -0.3 is 19.7 Å². The van der Waals surface area contributed by atoms with E-state index in [-0.39, 0.29) is 22.1 Å². The number of benzene rings is 3. The Bertz CT molecular complexity index is 1390. The molecule has 3 aromatic rings. The van der Waals surface area contributed by atoms with Crippen LogP contribution in [0.25, 0.3) is 0 Å². The molecule has 0 aliphatic carbocycles. The lowest BCUT2D eigenvalue weighted by Gasteiger charge is -2.18. The molecule has 182 valence electrons. The second-order valence-corrected chi connectivity index (χ2v) is 9.66. The zero-order valence-corrected chi connectivity index (χ0v) is 20.3. The summed E-state index contributed by atoms with van der Waals surface area (Å²) < 4.78 is 37.2. The van der Waals surface area contributed by atoms with Gasteiger partial charge in [-0.05, 0) is 73.6 Å². The summed E-state index contributed by atoms with van der Waals surface area (Å²) in [6.07, 6.45) is 0.704. The van der Waals surface area contributed by atoms with E-state index in [9.17, 15) is 18.0 Å². The molecule has 3 aromatic carbocycles. The molecule has 0 unspecified atom stereocenters. The summed E-state index contributed by atoms with van der Waals surface area (Å²) in [6.45, 7) is 0.529. The van der Waals surface area contributed by atoms with Crippen molar-refractivity contribution >= 4 is 33.2 Å². The van der Waals surface area contributed by atoms with E-state index in [1.54, 1.807) is 48.4 Å². The van der Waals surface area contributed by atoms with Gasteiger partial charge in [0.25, 0.3) is 11.8 Å². The van der Waals surface area contributed by atoms with Crippen LogP contribution in [0.4, 0.5) is 11.4 Å². The number of hydrogen-bond acceptors (Lipinski definition) is 6. The maximum atomic E-state index is 13.1. The van der Waals surface area contributed by atoms with Crippen molar-refractivity contribution in [3.63, 3.8) is 0 Å². The molecular formula is C25H25N3O6S. The van der Waals surface area contributed by atoms with E-state index in [0.717, 1.165) is 11.3 Å². The van der Waals surface area contributed by atoms with Gasteiger partial charge >= 0.3 is 0 Å². The minimum atomic E-state index is -3.83. The predicted octanol–water partition coefficient (Wildman–Crippen LogP) is 3.07. The van der Waals surface area contributed by atoms with E-state index < -0.39 is 15.9 Å². The van der Waals surface area contributed by atoms with E-state index in [1.807, 2.05) is 6.07 Å². The van der Waals surface area contributed by atoms with Gasteiger partial charge in [-0.15, -0.1) is 0 Å². The van der Waals surface area contributed by atoms with Crippen LogP contribution in [0.3, 0.4) is 0 Å². The molecule has 4 rings (SSSR count). The molecule has 0 saturated heterocycles. The highest BCUT2D eigenvalue weighted by Gasteiger charge is 2.26. The minimum absolute atomic E-state index is 0.126. The second kappa shape index (κ2) is 9.77. The molecule has 10 heteroatoms. The molecular weight excluding hydrogens is 470 g/mol. The first-order chi connectivity index (χ1) is 16.8. The van der Waals surface area contributed by atoms with Crippen molar-refractivity contribution in [2.45, 2.75) is 11.3 Å². The third kappa shape index (κ3) is 4.84. The van der Waals surface area contributed by atoms with Crippen LogP contribution in [0.2, 0.25) is 0 Å². The van der Waals surface area contributed by atoms with E-state index in [0.29, 0.717) is 30.0 Å². The van der Waals surface area contributed by atoms with Gasteiger partial charge in [-0.1, -0.05) is 6.07 Å². The number of carbonyl (C=O) groups is 2. The molecule has 2 N–H and O–H groups in total. The standard InChI is InChI=1S/C25H25N3O6S/c1-26-35(31,32)23-14-18(7-11-22(23)34-3)24(29)27-19-8-4-16-12-13-28(21(16)15-19)25(30)17-5-9-20(33-2)10-6-17/h4-11,14-15,26H,12-13H2,1-3H3,(H,27,29). The molecule has 0 saturated carbocycles. The number of carbonyl (C=O) groups excluding carboxylic acids is 2. The van der Waals surface area contributed by atoms with Crippen LogP contribution >= 0.6 is 0 Å². The van der Waals surface area contributed by atoms with Gasteiger partial charge in [-0.3, -0.25) is 9.59 Å². The molecule has 0 aromatic heterocycles. The fourth-order valence-corrected chi connectivity index (χ4v) is 4.82. The molecule has 1 aliphatic rings. The highest BCUT2D eigenvalue weighted by molar-refractivity contribution is 7.89. The van der Waals surface area contributed by atoms with Crippen LogP contribution in [0.1, 0.15) is 26.3 Å². The van der Waals surface area contributed by atoms with Crippen molar-refractivity contribution in [1.29, 1.82) is 0 Å². The van der Waals surface area contributed by atoms with Crippen molar-refractivity contribution in [3.8, 4) is 11.5 Å². The lowest BCUT2D eigenvalue weighted by molar-refractivity contribution is 0.0988. The quantitative estimate of drug-likeness (QED) is 0.521. The van der Waals surface area contributed by atoms with E-state index in [2.05, 4.69) is 10.0 Å². The highest BCUT2D eigenvalue weighted by Crippen LogP contribution is 2.33. The number of sulfonamides is 1. The monoisotopic (exact) mass is 495 g/mol. The SMILES string of the molecule is CNS(=O)(=O)c1cc(C(=O)Nc2ccc3c(c2)N(C(=O)c2ccc(OC)cc2)CC3)ccc1OC.